The first-order valence-corrected chi connectivity index (χ1v) is 6.58. The van der Waals surface area contributed by atoms with E-state index in [4.69, 9.17) is 5.26 Å². The van der Waals surface area contributed by atoms with E-state index in [-0.39, 0.29) is 11.9 Å². The molecule has 0 radical (unpaired) electrons. The summed E-state index contributed by atoms with van der Waals surface area (Å²) in [6.45, 7) is 1.29. The molecule has 1 amide bonds. The van der Waals surface area contributed by atoms with E-state index in [0.717, 1.165) is 0 Å². The number of aromatic nitrogens is 3. The number of nitriles is 1. The number of amides is 1. The quantitative estimate of drug-likeness (QED) is 0.875. The molecule has 2 aromatic rings. The molecule has 3 rings (SSSR count). The van der Waals surface area contributed by atoms with Crippen molar-refractivity contribution in [2.75, 3.05) is 18.0 Å². The Kier molecular flexibility index (Phi) is 3.28. The van der Waals surface area contributed by atoms with Gasteiger partial charge in [-0.15, -0.1) is 0 Å². The van der Waals surface area contributed by atoms with E-state index in [0.29, 0.717) is 30.2 Å². The summed E-state index contributed by atoms with van der Waals surface area (Å²) in [5.41, 5.74) is 0.957. The molecule has 0 saturated carbocycles. The third-order valence-electron chi connectivity index (χ3n) is 3.37. The van der Waals surface area contributed by atoms with Crippen LogP contribution in [0.1, 0.15) is 16.1 Å². The van der Waals surface area contributed by atoms with Crippen molar-refractivity contribution in [3.8, 4) is 6.07 Å². The van der Waals surface area contributed by atoms with Crippen molar-refractivity contribution in [1.29, 1.82) is 5.26 Å². The molecule has 1 saturated heterocycles. The zero-order valence-electron chi connectivity index (χ0n) is 11.5. The Morgan fingerprint density at radius 3 is 2.95 bits per heavy atom. The van der Waals surface area contributed by atoms with Crippen LogP contribution in [-0.4, -0.2) is 39.8 Å². The van der Waals surface area contributed by atoms with Crippen molar-refractivity contribution in [1.82, 2.24) is 20.1 Å². The Hall–Kier alpha value is -2.88. The minimum Gasteiger partial charge on any atom is -0.351 e. The highest BCUT2D eigenvalue weighted by molar-refractivity contribution is 5.92. The number of pyridine rings is 1. The largest absolute Gasteiger partial charge is 0.351 e. The summed E-state index contributed by atoms with van der Waals surface area (Å²) in [6, 6.07) is 7.33. The Bertz CT molecular complexity index is 710. The van der Waals surface area contributed by atoms with Crippen LogP contribution in [0.25, 0.3) is 0 Å². The molecule has 0 aliphatic carbocycles. The lowest BCUT2D eigenvalue weighted by Crippen LogP contribution is -2.60. The fourth-order valence-corrected chi connectivity index (χ4v) is 2.27. The SMILES string of the molecule is Cn1ccc(C(=O)NC2CN(c3ncccc3C#N)C2)n1. The first kappa shape index (κ1) is 13.1. The molecule has 1 aliphatic heterocycles. The molecule has 21 heavy (non-hydrogen) atoms. The van der Waals surface area contributed by atoms with Gasteiger partial charge in [0.1, 0.15) is 17.6 Å². The Balaban J connectivity index is 1.59. The maximum absolute atomic E-state index is 12.0. The highest BCUT2D eigenvalue weighted by Gasteiger charge is 2.30. The zero-order chi connectivity index (χ0) is 14.8. The van der Waals surface area contributed by atoms with Gasteiger partial charge in [-0.2, -0.15) is 10.4 Å². The van der Waals surface area contributed by atoms with Gasteiger partial charge in [-0.3, -0.25) is 9.48 Å². The number of carbonyl (C=O) groups excluding carboxylic acids is 1. The zero-order valence-corrected chi connectivity index (χ0v) is 11.5. The van der Waals surface area contributed by atoms with Gasteiger partial charge in [0.15, 0.2) is 0 Å². The summed E-state index contributed by atoms with van der Waals surface area (Å²) in [7, 11) is 1.77. The predicted molar refractivity (Wildman–Crippen MR) is 75.6 cm³/mol. The predicted octanol–water partition coefficient (Wildman–Crippen LogP) is 0.305. The molecule has 106 valence electrons. The van der Waals surface area contributed by atoms with E-state index in [2.05, 4.69) is 21.5 Å². The van der Waals surface area contributed by atoms with E-state index >= 15 is 0 Å². The molecule has 1 aliphatic rings. The van der Waals surface area contributed by atoms with E-state index in [9.17, 15) is 4.79 Å². The summed E-state index contributed by atoms with van der Waals surface area (Å²) in [6.07, 6.45) is 3.39. The van der Waals surface area contributed by atoms with Crippen molar-refractivity contribution in [3.63, 3.8) is 0 Å². The van der Waals surface area contributed by atoms with Crippen LogP contribution in [0, 0.1) is 11.3 Å². The second kappa shape index (κ2) is 5.25. The minimum atomic E-state index is -0.179. The summed E-state index contributed by atoms with van der Waals surface area (Å²) in [5.74, 6) is 0.491. The summed E-state index contributed by atoms with van der Waals surface area (Å²) in [5, 5.41) is 16.0. The highest BCUT2D eigenvalue weighted by Crippen LogP contribution is 2.21. The maximum Gasteiger partial charge on any atom is 0.272 e. The average Bonchev–Trinajstić information content (AvgIpc) is 2.89. The number of hydrogen-bond acceptors (Lipinski definition) is 5. The molecule has 0 atom stereocenters. The third kappa shape index (κ3) is 2.56. The topological polar surface area (TPSA) is 86.8 Å². The number of carbonyl (C=O) groups is 1. The number of nitrogens with one attached hydrogen (secondary N) is 1. The molecular weight excluding hydrogens is 268 g/mol. The second-order valence-corrected chi connectivity index (χ2v) is 4.94. The molecule has 0 spiro atoms. The molecule has 2 aromatic heterocycles. The molecule has 7 nitrogen and oxygen atoms in total. The lowest BCUT2D eigenvalue weighted by atomic mass is 10.1. The fourth-order valence-electron chi connectivity index (χ4n) is 2.27. The minimum absolute atomic E-state index is 0.0491. The molecule has 1 N–H and O–H groups in total. The monoisotopic (exact) mass is 282 g/mol. The van der Waals surface area contributed by atoms with Crippen molar-refractivity contribution in [2.24, 2.45) is 7.05 Å². The van der Waals surface area contributed by atoms with Crippen molar-refractivity contribution >= 4 is 11.7 Å². The van der Waals surface area contributed by atoms with Crippen LogP contribution < -0.4 is 10.2 Å². The van der Waals surface area contributed by atoms with Gasteiger partial charge in [0.2, 0.25) is 0 Å². The number of hydrogen-bond donors (Lipinski definition) is 1. The van der Waals surface area contributed by atoms with Gasteiger partial charge in [-0.1, -0.05) is 0 Å². The molecule has 0 aromatic carbocycles. The molecule has 7 heteroatoms. The number of rotatable bonds is 3. The normalized spacial score (nSPS) is 14.4. The van der Waals surface area contributed by atoms with Gasteiger partial charge in [0.25, 0.3) is 5.91 Å². The first-order valence-electron chi connectivity index (χ1n) is 6.58. The van der Waals surface area contributed by atoms with Crippen LogP contribution in [0.2, 0.25) is 0 Å². The van der Waals surface area contributed by atoms with Crippen molar-refractivity contribution in [2.45, 2.75) is 6.04 Å². The van der Waals surface area contributed by atoms with Crippen LogP contribution in [0.4, 0.5) is 5.82 Å². The summed E-state index contributed by atoms with van der Waals surface area (Å²) in [4.78, 5) is 18.1. The number of aryl methyl sites for hydroxylation is 1. The van der Waals surface area contributed by atoms with Crippen LogP contribution in [0.3, 0.4) is 0 Å². The van der Waals surface area contributed by atoms with Gasteiger partial charge >= 0.3 is 0 Å². The van der Waals surface area contributed by atoms with Crippen LogP contribution >= 0.6 is 0 Å². The molecule has 0 bridgehead atoms. The lowest BCUT2D eigenvalue weighted by molar-refractivity contribution is 0.0924. The van der Waals surface area contributed by atoms with E-state index in [1.54, 1.807) is 42.3 Å². The Labute approximate surface area is 121 Å². The standard InChI is InChI=1S/C14H14N6O/c1-19-6-4-12(18-19)14(21)17-11-8-20(9-11)13-10(7-15)3-2-5-16-13/h2-6,11H,8-9H2,1H3,(H,17,21). The van der Waals surface area contributed by atoms with Gasteiger partial charge in [-0.25, -0.2) is 4.98 Å². The van der Waals surface area contributed by atoms with E-state index < -0.39 is 0 Å². The molecule has 1 fully saturated rings. The summed E-state index contributed by atoms with van der Waals surface area (Å²) >= 11 is 0. The van der Waals surface area contributed by atoms with Crippen LogP contribution in [0.15, 0.2) is 30.6 Å². The van der Waals surface area contributed by atoms with Gasteiger partial charge < -0.3 is 10.2 Å². The Morgan fingerprint density at radius 2 is 2.29 bits per heavy atom. The Morgan fingerprint density at radius 1 is 1.48 bits per heavy atom. The molecular formula is C14H14N6O. The van der Waals surface area contributed by atoms with Gasteiger partial charge in [-0.05, 0) is 18.2 Å². The van der Waals surface area contributed by atoms with E-state index in [1.807, 2.05) is 4.90 Å². The van der Waals surface area contributed by atoms with Gasteiger partial charge in [0.05, 0.1) is 11.6 Å². The molecule has 3 heterocycles. The highest BCUT2D eigenvalue weighted by atomic mass is 16.2. The second-order valence-electron chi connectivity index (χ2n) is 4.94. The van der Waals surface area contributed by atoms with E-state index in [1.165, 1.54) is 0 Å². The first-order chi connectivity index (χ1) is 10.2. The third-order valence-corrected chi connectivity index (χ3v) is 3.37. The van der Waals surface area contributed by atoms with Crippen molar-refractivity contribution in [3.05, 3.63) is 41.9 Å². The molecule has 0 unspecified atom stereocenters. The van der Waals surface area contributed by atoms with Crippen LogP contribution in [0.5, 0.6) is 0 Å². The fraction of sp³-hybridized carbons (Fsp3) is 0.286. The van der Waals surface area contributed by atoms with Crippen molar-refractivity contribution < 1.29 is 4.79 Å². The average molecular weight is 282 g/mol. The maximum atomic E-state index is 12.0. The lowest BCUT2D eigenvalue weighted by Gasteiger charge is -2.40. The number of nitrogens with zero attached hydrogens (tertiary/aromatic N) is 5. The van der Waals surface area contributed by atoms with Gasteiger partial charge in [0, 0.05) is 32.5 Å². The number of anilines is 1. The van der Waals surface area contributed by atoms with Crippen LogP contribution in [-0.2, 0) is 7.05 Å². The summed E-state index contributed by atoms with van der Waals surface area (Å²) < 4.78 is 1.59. The smallest absolute Gasteiger partial charge is 0.272 e.